The normalized spacial score (nSPS) is 18.2. The number of halogens is 1. The maximum Gasteiger partial charge on any atom is 0.236 e. The van der Waals surface area contributed by atoms with Crippen molar-refractivity contribution in [1.29, 1.82) is 0 Å². The smallest absolute Gasteiger partial charge is 0.236 e. The van der Waals surface area contributed by atoms with Crippen LogP contribution in [-0.4, -0.2) is 57.0 Å². The van der Waals surface area contributed by atoms with Crippen molar-refractivity contribution in [2.75, 3.05) is 39.4 Å². The van der Waals surface area contributed by atoms with Crippen molar-refractivity contribution in [2.45, 2.75) is 6.54 Å². The van der Waals surface area contributed by atoms with Crippen LogP contribution in [0, 0.1) is 0 Å². The van der Waals surface area contributed by atoms with Crippen molar-refractivity contribution in [3.8, 4) is 11.5 Å². The summed E-state index contributed by atoms with van der Waals surface area (Å²) in [5.41, 5.74) is 1.98. The number of fused-ring (bicyclic) bond motifs is 1. The lowest BCUT2D eigenvalue weighted by Gasteiger charge is -2.33. The Balaban J connectivity index is 1.36. The third kappa shape index (κ3) is 5.01. The van der Waals surface area contributed by atoms with Crippen molar-refractivity contribution in [2.24, 2.45) is 0 Å². The van der Waals surface area contributed by atoms with Crippen molar-refractivity contribution < 1.29 is 17.9 Å². The summed E-state index contributed by atoms with van der Waals surface area (Å²) in [5, 5.41) is 1.30. The van der Waals surface area contributed by atoms with Gasteiger partial charge < -0.3 is 9.47 Å². The lowest BCUT2D eigenvalue weighted by atomic mass is 10.1. The van der Waals surface area contributed by atoms with Crippen molar-refractivity contribution in [3.05, 3.63) is 63.5 Å². The van der Waals surface area contributed by atoms with Crippen molar-refractivity contribution >= 4 is 32.0 Å². The minimum atomic E-state index is -3.42. The molecule has 0 atom stereocenters. The largest absolute Gasteiger partial charge is 0.486 e. The predicted octanol–water partition coefficient (Wildman–Crippen LogP) is 3.34. The molecule has 1 fully saturated rings. The first-order valence-corrected chi connectivity index (χ1v) is 11.8. The molecular formula is C21H23BrN2O4S. The zero-order chi connectivity index (χ0) is 20.3. The summed E-state index contributed by atoms with van der Waals surface area (Å²) in [6, 6.07) is 13.4. The Bertz CT molecular complexity index is 987. The van der Waals surface area contributed by atoms with Gasteiger partial charge >= 0.3 is 0 Å². The van der Waals surface area contributed by atoms with Gasteiger partial charge in [0.2, 0.25) is 10.0 Å². The highest BCUT2D eigenvalue weighted by atomic mass is 79.9. The second-order valence-corrected chi connectivity index (χ2v) is 9.69. The maximum absolute atomic E-state index is 12.6. The van der Waals surface area contributed by atoms with Gasteiger partial charge in [-0.1, -0.05) is 46.3 Å². The second kappa shape index (κ2) is 8.87. The Hall–Kier alpha value is -1.87. The minimum absolute atomic E-state index is 0.476. The lowest BCUT2D eigenvalue weighted by Crippen LogP contribution is -2.47. The van der Waals surface area contributed by atoms with Gasteiger partial charge in [-0.15, -0.1) is 0 Å². The third-order valence-corrected chi connectivity index (χ3v) is 7.33. The van der Waals surface area contributed by atoms with Crippen LogP contribution in [0.3, 0.4) is 0 Å². The van der Waals surface area contributed by atoms with Crippen LogP contribution in [0.4, 0.5) is 0 Å². The van der Waals surface area contributed by atoms with Gasteiger partial charge in [0.05, 0.1) is 0 Å². The first-order valence-electron chi connectivity index (χ1n) is 9.55. The summed E-state index contributed by atoms with van der Waals surface area (Å²) >= 11 is 3.61. The van der Waals surface area contributed by atoms with Crippen LogP contribution in [0.2, 0.25) is 0 Å². The van der Waals surface area contributed by atoms with Gasteiger partial charge in [-0.25, -0.2) is 8.42 Å². The monoisotopic (exact) mass is 478 g/mol. The summed E-state index contributed by atoms with van der Waals surface area (Å²) in [7, 11) is -3.42. The van der Waals surface area contributed by atoms with Gasteiger partial charge in [0.1, 0.15) is 13.2 Å². The first kappa shape index (κ1) is 20.4. The molecule has 0 bridgehead atoms. The molecule has 6 nitrogen and oxygen atoms in total. The van der Waals surface area contributed by atoms with Crippen molar-refractivity contribution in [3.63, 3.8) is 0 Å². The molecule has 8 heteroatoms. The molecule has 0 unspecified atom stereocenters. The highest BCUT2D eigenvalue weighted by Gasteiger charge is 2.26. The molecule has 2 aromatic rings. The molecule has 2 aliphatic rings. The van der Waals surface area contributed by atoms with E-state index in [4.69, 9.17) is 9.47 Å². The fraction of sp³-hybridized carbons (Fsp3) is 0.333. The van der Waals surface area contributed by atoms with E-state index in [2.05, 4.69) is 20.8 Å². The first-order chi connectivity index (χ1) is 14.0. The quantitative estimate of drug-likeness (QED) is 0.659. The predicted molar refractivity (Wildman–Crippen MR) is 116 cm³/mol. The number of benzene rings is 2. The summed E-state index contributed by atoms with van der Waals surface area (Å²) in [4.78, 5) is 2.25. The Morgan fingerprint density at radius 2 is 1.62 bits per heavy atom. The molecule has 154 valence electrons. The minimum Gasteiger partial charge on any atom is -0.486 e. The Morgan fingerprint density at radius 3 is 2.31 bits per heavy atom. The number of hydrogen-bond donors (Lipinski definition) is 0. The molecule has 2 aromatic carbocycles. The number of piperazine rings is 1. The molecule has 2 aliphatic heterocycles. The van der Waals surface area contributed by atoms with E-state index in [1.165, 1.54) is 5.41 Å². The van der Waals surface area contributed by atoms with E-state index in [-0.39, 0.29) is 0 Å². The molecule has 2 heterocycles. The molecular weight excluding hydrogens is 456 g/mol. The van der Waals surface area contributed by atoms with E-state index in [9.17, 15) is 8.42 Å². The maximum atomic E-state index is 12.6. The van der Waals surface area contributed by atoms with E-state index >= 15 is 0 Å². The van der Waals surface area contributed by atoms with E-state index in [1.54, 1.807) is 10.4 Å². The molecule has 0 spiro atoms. The number of hydrogen-bond acceptors (Lipinski definition) is 5. The zero-order valence-corrected chi connectivity index (χ0v) is 18.4. The SMILES string of the molecule is O=S(=O)(/C=C/c1ccccc1)N1CCN(Cc2cc3c(cc2Br)OCCO3)CC1. The molecule has 29 heavy (non-hydrogen) atoms. The number of nitrogens with zero attached hydrogens (tertiary/aromatic N) is 2. The molecule has 0 N–H and O–H groups in total. The molecule has 0 aliphatic carbocycles. The van der Waals surface area contributed by atoms with Gasteiger partial charge in [0.15, 0.2) is 11.5 Å². The van der Waals surface area contributed by atoms with E-state index in [1.807, 2.05) is 42.5 Å². The molecule has 0 aromatic heterocycles. The second-order valence-electron chi connectivity index (χ2n) is 7.02. The van der Waals surface area contributed by atoms with Gasteiger partial charge in [-0.05, 0) is 29.3 Å². The van der Waals surface area contributed by atoms with Crippen LogP contribution in [0.25, 0.3) is 6.08 Å². The average Bonchev–Trinajstić information content (AvgIpc) is 2.74. The van der Waals surface area contributed by atoms with Crippen LogP contribution in [-0.2, 0) is 16.6 Å². The third-order valence-electron chi connectivity index (χ3n) is 5.03. The van der Waals surface area contributed by atoms with Crippen LogP contribution in [0.15, 0.2) is 52.3 Å². The van der Waals surface area contributed by atoms with Crippen LogP contribution in [0.5, 0.6) is 11.5 Å². The Kier molecular flexibility index (Phi) is 6.24. The Labute approximate surface area is 179 Å². The van der Waals surface area contributed by atoms with Crippen LogP contribution < -0.4 is 9.47 Å². The standard InChI is InChI=1S/C21H23BrN2O4S/c22-19-15-21-20(27-11-12-28-21)14-18(19)16-23-7-9-24(10-8-23)29(25,26)13-6-17-4-2-1-3-5-17/h1-6,13-15H,7-12,16H2/b13-6+. The number of sulfonamides is 1. The highest BCUT2D eigenvalue weighted by molar-refractivity contribution is 9.10. The van der Waals surface area contributed by atoms with Gasteiger partial charge in [-0.3, -0.25) is 4.90 Å². The molecule has 0 radical (unpaired) electrons. The molecule has 1 saturated heterocycles. The topological polar surface area (TPSA) is 59.1 Å². The van der Waals surface area contributed by atoms with Crippen LogP contribution in [0.1, 0.15) is 11.1 Å². The summed E-state index contributed by atoms with van der Waals surface area (Å²) in [5.74, 6) is 1.52. The van der Waals surface area contributed by atoms with Gasteiger partial charge in [0.25, 0.3) is 0 Å². The highest BCUT2D eigenvalue weighted by Crippen LogP contribution is 2.36. The van der Waals surface area contributed by atoms with Crippen molar-refractivity contribution in [1.82, 2.24) is 9.21 Å². The van der Waals surface area contributed by atoms with Gasteiger partial charge in [0, 0.05) is 42.6 Å². The molecule has 0 amide bonds. The van der Waals surface area contributed by atoms with Crippen LogP contribution >= 0.6 is 15.9 Å². The zero-order valence-electron chi connectivity index (χ0n) is 16.0. The molecule has 0 saturated carbocycles. The fourth-order valence-electron chi connectivity index (χ4n) is 3.43. The van der Waals surface area contributed by atoms with E-state index in [0.29, 0.717) is 39.4 Å². The summed E-state index contributed by atoms with van der Waals surface area (Å²) in [6.07, 6.45) is 1.65. The van der Waals surface area contributed by atoms with Gasteiger partial charge in [-0.2, -0.15) is 4.31 Å². The fourth-order valence-corrected chi connectivity index (χ4v) is 5.05. The summed E-state index contributed by atoms with van der Waals surface area (Å²) in [6.45, 7) is 4.16. The lowest BCUT2D eigenvalue weighted by molar-refractivity contribution is 0.168. The number of rotatable bonds is 5. The average molecular weight is 479 g/mol. The van der Waals surface area contributed by atoms with E-state index < -0.39 is 10.0 Å². The molecule has 4 rings (SSSR count). The number of ether oxygens (including phenoxy) is 2. The summed E-state index contributed by atoms with van der Waals surface area (Å²) < 4.78 is 39.0. The Morgan fingerprint density at radius 1 is 0.966 bits per heavy atom. The van der Waals surface area contributed by atoms with E-state index in [0.717, 1.165) is 33.6 Å².